The number of allylic oxidation sites excluding steroid dienone is 1. The zero-order valence-corrected chi connectivity index (χ0v) is 23.8. The predicted molar refractivity (Wildman–Crippen MR) is 151 cm³/mol. The van der Waals surface area contributed by atoms with Gasteiger partial charge in [0.05, 0.1) is 11.4 Å². The number of nitrogens with one attached hydrogen (secondary N) is 1. The first-order valence-electron chi connectivity index (χ1n) is 13.8. The molecule has 3 unspecified atom stereocenters. The number of ether oxygens (including phenoxy) is 2. The number of alkyl halides is 2. The van der Waals surface area contributed by atoms with E-state index in [1.54, 1.807) is 31.3 Å². The van der Waals surface area contributed by atoms with Gasteiger partial charge in [-0.05, 0) is 68.1 Å². The van der Waals surface area contributed by atoms with Crippen LogP contribution in [0.1, 0.15) is 49.9 Å². The molecule has 10 nitrogen and oxygen atoms in total. The van der Waals surface area contributed by atoms with Crippen LogP contribution in [0.25, 0.3) is 11.3 Å². The van der Waals surface area contributed by atoms with Crippen molar-refractivity contribution in [3.8, 4) is 11.3 Å². The number of carboxylic acids is 1. The minimum atomic E-state index is -2.63. The predicted octanol–water partition coefficient (Wildman–Crippen LogP) is 5.51. The summed E-state index contributed by atoms with van der Waals surface area (Å²) in [7, 11) is 0. The van der Waals surface area contributed by atoms with E-state index in [2.05, 4.69) is 20.3 Å². The fourth-order valence-corrected chi connectivity index (χ4v) is 6.13. The summed E-state index contributed by atoms with van der Waals surface area (Å²) in [6.07, 6.45) is 1.84. The Morgan fingerprint density at radius 2 is 1.98 bits per heavy atom. The molecule has 3 N–H and O–H groups in total. The lowest BCUT2D eigenvalue weighted by Gasteiger charge is -2.45. The third-order valence-electron chi connectivity index (χ3n) is 8.10. The molecule has 0 radical (unpaired) electrons. The van der Waals surface area contributed by atoms with Gasteiger partial charge in [-0.1, -0.05) is 6.92 Å². The van der Waals surface area contributed by atoms with Gasteiger partial charge < -0.3 is 25.0 Å². The smallest absolute Gasteiger partial charge is 0.314 e. The van der Waals surface area contributed by atoms with Crippen LogP contribution in [0.4, 0.5) is 20.4 Å². The molecule has 1 aliphatic heterocycles. The minimum absolute atomic E-state index is 0.0149. The van der Waals surface area contributed by atoms with Gasteiger partial charge in [0.15, 0.2) is 5.78 Å². The minimum Gasteiger partial charge on any atom is -0.481 e. The van der Waals surface area contributed by atoms with E-state index in [1.165, 1.54) is 24.6 Å². The Bertz CT molecular complexity index is 1550. The second-order valence-corrected chi connectivity index (χ2v) is 11.3. The van der Waals surface area contributed by atoms with E-state index in [-0.39, 0.29) is 36.9 Å². The fourth-order valence-electron chi connectivity index (χ4n) is 6.13. The van der Waals surface area contributed by atoms with Crippen molar-refractivity contribution in [1.29, 1.82) is 0 Å². The fraction of sp³-hybridized carbons (Fsp3) is 0.387. The van der Waals surface area contributed by atoms with Crippen molar-refractivity contribution < 1.29 is 38.1 Å². The van der Waals surface area contributed by atoms with Crippen LogP contribution < -0.4 is 5.32 Å². The van der Waals surface area contributed by atoms with Gasteiger partial charge in [-0.3, -0.25) is 14.6 Å². The number of hydrogen-bond donors (Lipinski definition) is 3. The number of Topliss-reactive ketones (excluding diaryl/α,β-unsaturated/α-hetero) is 1. The highest BCUT2D eigenvalue weighted by Gasteiger charge is 2.53. The van der Waals surface area contributed by atoms with Gasteiger partial charge in [0.2, 0.25) is 6.79 Å². The van der Waals surface area contributed by atoms with Crippen molar-refractivity contribution in [3.05, 3.63) is 77.6 Å². The molecule has 0 aromatic carbocycles. The molecule has 5 rings (SSSR count). The molecular weight excluding hydrogens is 562 g/mol. The van der Waals surface area contributed by atoms with Crippen LogP contribution in [0.5, 0.6) is 0 Å². The highest BCUT2D eigenvalue weighted by Crippen LogP contribution is 2.48. The number of rotatable bonds is 9. The number of carbonyl (C=O) groups excluding carboxylic acids is 1. The summed E-state index contributed by atoms with van der Waals surface area (Å²) in [5, 5.41) is 24.6. The number of hydrogen-bond acceptors (Lipinski definition) is 9. The Kier molecular flexibility index (Phi) is 8.41. The highest BCUT2D eigenvalue weighted by atomic mass is 19.3. The van der Waals surface area contributed by atoms with E-state index in [0.717, 1.165) is 5.56 Å². The molecule has 226 valence electrons. The number of nitrogens with zero attached hydrogens (tertiary/aromatic N) is 3. The molecule has 0 bridgehead atoms. The van der Waals surface area contributed by atoms with E-state index in [1.807, 2.05) is 19.9 Å². The third-order valence-corrected chi connectivity index (χ3v) is 8.10. The molecule has 0 saturated heterocycles. The number of aliphatic hydroxyl groups is 1. The molecule has 1 saturated carbocycles. The van der Waals surface area contributed by atoms with Crippen LogP contribution >= 0.6 is 0 Å². The Hall–Kier alpha value is -4.45. The van der Waals surface area contributed by atoms with Gasteiger partial charge in [0, 0.05) is 41.8 Å². The van der Waals surface area contributed by atoms with Crippen LogP contribution in [0.3, 0.4) is 0 Å². The van der Waals surface area contributed by atoms with Gasteiger partial charge in [-0.15, -0.1) is 0 Å². The zero-order chi connectivity index (χ0) is 30.9. The molecule has 0 amide bonds. The van der Waals surface area contributed by atoms with E-state index >= 15 is 0 Å². The van der Waals surface area contributed by atoms with Crippen molar-refractivity contribution in [2.24, 2.45) is 23.7 Å². The average Bonchev–Trinajstić information content (AvgIpc) is 3.47. The molecular formula is C31H32F2N4O6. The number of halogens is 2. The number of aliphatic carboxylic acids is 1. The maximum absolute atomic E-state index is 13.4. The second-order valence-electron chi connectivity index (χ2n) is 11.3. The molecule has 0 spiro atoms. The second kappa shape index (κ2) is 12.0. The summed E-state index contributed by atoms with van der Waals surface area (Å²) in [6.45, 7) is 5.30. The molecule has 12 heteroatoms. The zero-order valence-electron chi connectivity index (χ0n) is 23.8. The summed E-state index contributed by atoms with van der Waals surface area (Å²) in [6, 6.07) is 9.51. The van der Waals surface area contributed by atoms with Gasteiger partial charge in [0.25, 0.3) is 6.43 Å². The lowest BCUT2D eigenvalue weighted by molar-refractivity contribution is -0.159. The lowest BCUT2D eigenvalue weighted by atomic mass is 9.60. The average molecular weight is 595 g/mol. The molecule has 5 atom stereocenters. The number of pyridine rings is 3. The maximum Gasteiger partial charge on any atom is 0.314 e. The maximum atomic E-state index is 13.4. The molecule has 1 aliphatic carbocycles. The molecule has 3 aromatic heterocycles. The van der Waals surface area contributed by atoms with Crippen LogP contribution in [0, 0.1) is 30.6 Å². The summed E-state index contributed by atoms with van der Waals surface area (Å²) in [5.74, 6) is -3.57. The van der Waals surface area contributed by atoms with Crippen LogP contribution in [-0.2, 0) is 24.7 Å². The summed E-state index contributed by atoms with van der Waals surface area (Å²) in [4.78, 5) is 38.5. The van der Waals surface area contributed by atoms with Gasteiger partial charge in [-0.2, -0.15) is 0 Å². The molecule has 3 aromatic rings. The SMILES string of the molecule is Cc1cc(Nc2cc(C(F)F)ccn2)nc(-c2ccc(C(C)(O)C3C(C)C[C@@H](C(=O)O)C(=O)[C@@H]3CC3=COCO3)nc2)c1. The van der Waals surface area contributed by atoms with Crippen molar-refractivity contribution in [2.45, 2.75) is 45.6 Å². The van der Waals surface area contributed by atoms with Gasteiger partial charge in [-0.25, -0.2) is 18.7 Å². The number of aryl methyl sites for hydroxylation is 1. The first kappa shape index (κ1) is 30.0. The number of anilines is 2. The Morgan fingerprint density at radius 3 is 2.63 bits per heavy atom. The van der Waals surface area contributed by atoms with E-state index in [9.17, 15) is 28.6 Å². The van der Waals surface area contributed by atoms with Crippen molar-refractivity contribution in [3.63, 3.8) is 0 Å². The van der Waals surface area contributed by atoms with Crippen molar-refractivity contribution >= 4 is 23.4 Å². The lowest BCUT2D eigenvalue weighted by Crippen LogP contribution is -2.51. The largest absolute Gasteiger partial charge is 0.481 e. The van der Waals surface area contributed by atoms with Crippen LogP contribution in [0.2, 0.25) is 0 Å². The standard InChI is InChI=1S/C31H32F2N4O6/c1-16-8-23(36-26(9-16)37-25-11-18(29(32)33)6-7-34-25)19-4-5-24(35-13-19)31(3,41)27-17(2)10-22(30(39)40)28(38)21(27)12-20-14-42-15-43-20/h4-9,11,13-14,17,21-22,27,29,41H,10,12,15H2,1-3H3,(H,39,40)(H,34,36,37)/t17?,21-,22-,27?,31?/m1/s1. The molecule has 2 aliphatic rings. The Morgan fingerprint density at radius 1 is 1.19 bits per heavy atom. The number of ketones is 1. The topological polar surface area (TPSA) is 144 Å². The molecule has 43 heavy (non-hydrogen) atoms. The van der Waals surface area contributed by atoms with Crippen LogP contribution in [0.15, 0.2) is 60.8 Å². The van der Waals surface area contributed by atoms with Crippen LogP contribution in [-0.4, -0.2) is 43.7 Å². The third kappa shape index (κ3) is 6.34. The van der Waals surface area contributed by atoms with E-state index < -0.39 is 41.5 Å². The Labute approximate surface area is 246 Å². The summed E-state index contributed by atoms with van der Waals surface area (Å²) in [5.41, 5.74) is 0.614. The highest BCUT2D eigenvalue weighted by molar-refractivity contribution is 6.00. The number of carbonyl (C=O) groups is 2. The van der Waals surface area contributed by atoms with Crippen molar-refractivity contribution in [2.75, 3.05) is 12.1 Å². The van der Waals surface area contributed by atoms with E-state index in [4.69, 9.17) is 9.47 Å². The molecule has 1 fully saturated rings. The first-order valence-corrected chi connectivity index (χ1v) is 13.8. The number of carboxylic acid groups (broad SMARTS) is 1. The molecule has 4 heterocycles. The number of aromatic nitrogens is 3. The van der Waals surface area contributed by atoms with Crippen molar-refractivity contribution in [1.82, 2.24) is 15.0 Å². The van der Waals surface area contributed by atoms with E-state index in [0.29, 0.717) is 28.5 Å². The summed E-state index contributed by atoms with van der Waals surface area (Å²) >= 11 is 0. The van der Waals surface area contributed by atoms with Gasteiger partial charge >= 0.3 is 5.97 Å². The first-order chi connectivity index (χ1) is 20.4. The Balaban J connectivity index is 1.41. The van der Waals surface area contributed by atoms with Gasteiger partial charge in [0.1, 0.15) is 35.2 Å². The monoisotopic (exact) mass is 594 g/mol. The quantitative estimate of drug-likeness (QED) is 0.271. The normalized spacial score (nSPS) is 23.2. The summed E-state index contributed by atoms with van der Waals surface area (Å²) < 4.78 is 36.8.